The van der Waals surface area contributed by atoms with Crippen LogP contribution in [0.4, 0.5) is 0 Å². The monoisotopic (exact) mass is 282 g/mol. The maximum absolute atomic E-state index is 4.08. The molecule has 121 valence electrons. The van der Waals surface area contributed by atoms with Crippen LogP contribution < -0.4 is 0 Å². The highest BCUT2D eigenvalue weighted by atomic mass is 15.1. The van der Waals surface area contributed by atoms with Gasteiger partial charge >= 0.3 is 0 Å². The average molecular weight is 283 g/mol. The molecule has 0 aliphatic heterocycles. The molecule has 0 bridgehead atoms. The number of hydrogen-bond acceptors (Lipinski definition) is 1. The van der Waals surface area contributed by atoms with E-state index in [0.717, 1.165) is 6.54 Å². The van der Waals surface area contributed by atoms with E-state index in [2.05, 4.69) is 25.7 Å². The SMILES string of the molecule is [CH2]CN(CCCCCCC)CCCCCCCCCC. The minimum absolute atomic E-state index is 0.990. The molecule has 0 aromatic carbocycles. The summed E-state index contributed by atoms with van der Waals surface area (Å²) in [5.41, 5.74) is 0. The first-order valence-corrected chi connectivity index (χ1v) is 9.36. The standard InChI is InChI=1S/C19H40N/c1-4-7-9-11-12-13-15-17-19-20(6-3)18-16-14-10-8-5-2/h3-19H2,1-2H3. The highest BCUT2D eigenvalue weighted by Gasteiger charge is 2.01. The minimum atomic E-state index is 0.990. The fraction of sp³-hybridized carbons (Fsp3) is 0.947. The first-order valence-electron chi connectivity index (χ1n) is 9.36. The zero-order valence-electron chi connectivity index (χ0n) is 14.5. The first kappa shape index (κ1) is 20.0. The molecule has 0 aromatic heterocycles. The van der Waals surface area contributed by atoms with Gasteiger partial charge in [-0.05, 0) is 39.4 Å². The van der Waals surface area contributed by atoms with Gasteiger partial charge in [-0.2, -0.15) is 0 Å². The van der Waals surface area contributed by atoms with E-state index in [0.29, 0.717) is 0 Å². The van der Waals surface area contributed by atoms with Crippen molar-refractivity contribution in [1.82, 2.24) is 4.90 Å². The van der Waals surface area contributed by atoms with Crippen LogP contribution in [0, 0.1) is 6.92 Å². The second-order valence-electron chi connectivity index (χ2n) is 6.23. The van der Waals surface area contributed by atoms with Gasteiger partial charge in [0.15, 0.2) is 0 Å². The van der Waals surface area contributed by atoms with Crippen molar-refractivity contribution in [1.29, 1.82) is 0 Å². The van der Waals surface area contributed by atoms with Crippen LogP contribution in [0.2, 0.25) is 0 Å². The van der Waals surface area contributed by atoms with Gasteiger partial charge in [0.2, 0.25) is 0 Å². The van der Waals surface area contributed by atoms with Crippen molar-refractivity contribution < 1.29 is 0 Å². The smallest absolute Gasteiger partial charge is 0.00183 e. The van der Waals surface area contributed by atoms with Crippen LogP contribution in [0.1, 0.15) is 97.3 Å². The molecular formula is C19H40N. The Kier molecular flexibility index (Phi) is 17.0. The molecule has 0 aliphatic carbocycles. The predicted octanol–water partition coefficient (Wildman–Crippen LogP) is 6.23. The first-order chi connectivity index (χ1) is 9.85. The lowest BCUT2D eigenvalue weighted by Crippen LogP contribution is -2.25. The van der Waals surface area contributed by atoms with Gasteiger partial charge in [-0.3, -0.25) is 0 Å². The van der Waals surface area contributed by atoms with E-state index in [1.165, 1.54) is 96.6 Å². The summed E-state index contributed by atoms with van der Waals surface area (Å²) in [4.78, 5) is 2.54. The van der Waals surface area contributed by atoms with Crippen LogP contribution in [0.15, 0.2) is 0 Å². The van der Waals surface area contributed by atoms with Crippen molar-refractivity contribution >= 4 is 0 Å². The Morgan fingerprint density at radius 2 is 0.900 bits per heavy atom. The van der Waals surface area contributed by atoms with Crippen LogP contribution >= 0.6 is 0 Å². The van der Waals surface area contributed by atoms with E-state index in [1.807, 2.05) is 0 Å². The third-order valence-electron chi connectivity index (χ3n) is 4.22. The van der Waals surface area contributed by atoms with Crippen LogP contribution in [0.25, 0.3) is 0 Å². The molecule has 0 amide bonds. The largest absolute Gasteiger partial charge is 0.303 e. The van der Waals surface area contributed by atoms with Crippen LogP contribution in [-0.2, 0) is 0 Å². The molecule has 0 unspecified atom stereocenters. The highest BCUT2D eigenvalue weighted by molar-refractivity contribution is 4.60. The van der Waals surface area contributed by atoms with E-state index >= 15 is 0 Å². The molecule has 0 aromatic rings. The molecule has 0 saturated carbocycles. The van der Waals surface area contributed by atoms with Crippen LogP contribution in [0.3, 0.4) is 0 Å². The van der Waals surface area contributed by atoms with Crippen molar-refractivity contribution in [2.75, 3.05) is 19.6 Å². The summed E-state index contributed by atoms with van der Waals surface area (Å²) in [6.45, 7) is 12.2. The molecule has 0 heterocycles. The maximum atomic E-state index is 4.08. The van der Waals surface area contributed by atoms with Gasteiger partial charge < -0.3 is 4.90 Å². The van der Waals surface area contributed by atoms with E-state index in [1.54, 1.807) is 0 Å². The molecule has 20 heavy (non-hydrogen) atoms. The lowest BCUT2D eigenvalue weighted by molar-refractivity contribution is 0.285. The van der Waals surface area contributed by atoms with Gasteiger partial charge in [-0.1, -0.05) is 84.5 Å². The Morgan fingerprint density at radius 1 is 0.550 bits per heavy atom. The second-order valence-corrected chi connectivity index (χ2v) is 6.23. The quantitative estimate of drug-likeness (QED) is 0.303. The van der Waals surface area contributed by atoms with Crippen molar-refractivity contribution in [2.45, 2.75) is 97.3 Å². The number of nitrogens with zero attached hydrogens (tertiary/aromatic N) is 1. The van der Waals surface area contributed by atoms with Crippen LogP contribution in [0.5, 0.6) is 0 Å². The van der Waals surface area contributed by atoms with Crippen LogP contribution in [-0.4, -0.2) is 24.5 Å². The zero-order chi connectivity index (χ0) is 14.9. The maximum Gasteiger partial charge on any atom is -0.00183 e. The van der Waals surface area contributed by atoms with Crippen molar-refractivity contribution in [3.05, 3.63) is 6.92 Å². The predicted molar refractivity (Wildman–Crippen MR) is 93.2 cm³/mol. The Morgan fingerprint density at radius 3 is 1.25 bits per heavy atom. The zero-order valence-corrected chi connectivity index (χ0v) is 14.5. The van der Waals surface area contributed by atoms with Gasteiger partial charge in [0.05, 0.1) is 0 Å². The lowest BCUT2D eigenvalue weighted by atomic mass is 10.1. The molecule has 1 radical (unpaired) electrons. The van der Waals surface area contributed by atoms with Gasteiger partial charge in [0.25, 0.3) is 0 Å². The Hall–Kier alpha value is -0.0400. The van der Waals surface area contributed by atoms with E-state index in [4.69, 9.17) is 0 Å². The highest BCUT2D eigenvalue weighted by Crippen LogP contribution is 2.09. The van der Waals surface area contributed by atoms with Gasteiger partial charge in [-0.25, -0.2) is 0 Å². The third kappa shape index (κ3) is 14.4. The number of hydrogen-bond donors (Lipinski definition) is 0. The molecule has 0 spiro atoms. The van der Waals surface area contributed by atoms with Crippen molar-refractivity contribution in [3.63, 3.8) is 0 Å². The molecule has 0 saturated heterocycles. The number of unbranched alkanes of at least 4 members (excludes halogenated alkanes) is 11. The minimum Gasteiger partial charge on any atom is -0.303 e. The van der Waals surface area contributed by atoms with Gasteiger partial charge in [0, 0.05) is 0 Å². The molecule has 1 nitrogen and oxygen atoms in total. The molecule has 0 fully saturated rings. The third-order valence-corrected chi connectivity index (χ3v) is 4.22. The Labute approximate surface area is 129 Å². The summed E-state index contributed by atoms with van der Waals surface area (Å²) in [6.07, 6.45) is 18.3. The molecule has 0 aliphatic rings. The van der Waals surface area contributed by atoms with E-state index < -0.39 is 0 Å². The Balaban J connectivity index is 3.28. The summed E-state index contributed by atoms with van der Waals surface area (Å²) in [6, 6.07) is 0. The van der Waals surface area contributed by atoms with Gasteiger partial charge in [0.1, 0.15) is 0 Å². The fourth-order valence-electron chi connectivity index (χ4n) is 2.74. The summed E-state index contributed by atoms with van der Waals surface area (Å²) < 4.78 is 0. The molecule has 0 N–H and O–H groups in total. The summed E-state index contributed by atoms with van der Waals surface area (Å²) in [7, 11) is 0. The van der Waals surface area contributed by atoms with E-state index in [-0.39, 0.29) is 0 Å². The average Bonchev–Trinajstić information content (AvgIpc) is 2.47. The fourth-order valence-corrected chi connectivity index (χ4v) is 2.74. The van der Waals surface area contributed by atoms with Crippen molar-refractivity contribution in [3.8, 4) is 0 Å². The molecule has 1 heteroatoms. The summed E-state index contributed by atoms with van der Waals surface area (Å²) in [5, 5.41) is 0. The Bertz CT molecular complexity index is 167. The second kappa shape index (κ2) is 17.0. The van der Waals surface area contributed by atoms with Gasteiger partial charge in [-0.15, -0.1) is 0 Å². The lowest BCUT2D eigenvalue weighted by Gasteiger charge is -2.20. The molecule has 0 rings (SSSR count). The molecular weight excluding hydrogens is 242 g/mol. The van der Waals surface area contributed by atoms with E-state index in [9.17, 15) is 0 Å². The summed E-state index contributed by atoms with van der Waals surface area (Å²) in [5.74, 6) is 0. The molecule has 0 atom stereocenters. The topological polar surface area (TPSA) is 3.24 Å². The van der Waals surface area contributed by atoms with Crippen molar-refractivity contribution in [2.24, 2.45) is 0 Å². The normalized spacial score (nSPS) is 11.4. The number of rotatable bonds is 16. The summed E-state index contributed by atoms with van der Waals surface area (Å²) >= 11 is 0.